The van der Waals surface area contributed by atoms with Gasteiger partial charge in [-0.05, 0) is 26.2 Å². The summed E-state index contributed by atoms with van der Waals surface area (Å²) in [7, 11) is 0. The van der Waals surface area contributed by atoms with Gasteiger partial charge >= 0.3 is 0 Å². The molecule has 2 rings (SSSR count). The van der Waals surface area contributed by atoms with Crippen LogP contribution in [0.4, 0.5) is 5.69 Å². The van der Waals surface area contributed by atoms with E-state index in [2.05, 4.69) is 0 Å². The lowest BCUT2D eigenvalue weighted by Gasteiger charge is -2.18. The third kappa shape index (κ3) is 2.67. The SMILES string of the molecule is CCn1cc([N+](=O)[O-])cc1C(=O)N1CCC(C(C)N)C1. The van der Waals surface area contributed by atoms with Crippen LogP contribution in [0, 0.1) is 16.0 Å². The van der Waals surface area contributed by atoms with Gasteiger partial charge in [-0.1, -0.05) is 0 Å². The maximum absolute atomic E-state index is 12.5. The molecule has 1 aliphatic heterocycles. The third-order valence-corrected chi connectivity index (χ3v) is 3.91. The molecule has 0 bridgehead atoms. The van der Waals surface area contributed by atoms with Crippen LogP contribution in [0.3, 0.4) is 0 Å². The summed E-state index contributed by atoms with van der Waals surface area (Å²) >= 11 is 0. The molecule has 7 heteroatoms. The summed E-state index contributed by atoms with van der Waals surface area (Å²) < 4.78 is 1.62. The van der Waals surface area contributed by atoms with Crippen molar-refractivity contribution < 1.29 is 9.72 Å². The smallest absolute Gasteiger partial charge is 0.287 e. The van der Waals surface area contributed by atoms with E-state index in [4.69, 9.17) is 5.73 Å². The predicted octanol–water partition coefficient (Wildman–Crippen LogP) is 1.23. The van der Waals surface area contributed by atoms with Crippen molar-refractivity contribution in [3.8, 4) is 0 Å². The highest BCUT2D eigenvalue weighted by molar-refractivity contribution is 5.93. The molecule has 1 saturated heterocycles. The Hall–Kier alpha value is -1.89. The van der Waals surface area contributed by atoms with Gasteiger partial charge in [0.05, 0.1) is 11.1 Å². The molecule has 1 aliphatic rings. The van der Waals surface area contributed by atoms with Crippen molar-refractivity contribution in [2.75, 3.05) is 13.1 Å². The molecule has 110 valence electrons. The van der Waals surface area contributed by atoms with Gasteiger partial charge in [-0.2, -0.15) is 0 Å². The fourth-order valence-electron chi connectivity index (χ4n) is 2.60. The minimum Gasteiger partial charge on any atom is -0.337 e. The number of aryl methyl sites for hydroxylation is 1. The highest BCUT2D eigenvalue weighted by Gasteiger charge is 2.31. The van der Waals surface area contributed by atoms with E-state index in [0.717, 1.165) is 6.42 Å². The molecule has 1 aromatic rings. The van der Waals surface area contributed by atoms with Crippen LogP contribution in [-0.2, 0) is 6.54 Å². The van der Waals surface area contributed by atoms with E-state index < -0.39 is 4.92 Å². The first kappa shape index (κ1) is 14.5. The molecule has 2 unspecified atom stereocenters. The number of amides is 1. The van der Waals surface area contributed by atoms with Crippen molar-refractivity contribution in [3.63, 3.8) is 0 Å². The molecular formula is C13H20N4O3. The van der Waals surface area contributed by atoms with E-state index in [0.29, 0.717) is 31.2 Å². The molecule has 0 aromatic carbocycles. The molecular weight excluding hydrogens is 260 g/mol. The average molecular weight is 280 g/mol. The number of nitrogens with zero attached hydrogens (tertiary/aromatic N) is 3. The second-order valence-electron chi connectivity index (χ2n) is 5.29. The number of carbonyl (C=O) groups excluding carboxylic acids is 1. The summed E-state index contributed by atoms with van der Waals surface area (Å²) in [5.74, 6) is 0.155. The summed E-state index contributed by atoms with van der Waals surface area (Å²) in [6, 6.07) is 1.41. The Morgan fingerprint density at radius 1 is 1.65 bits per heavy atom. The minimum absolute atomic E-state index is 0.0434. The van der Waals surface area contributed by atoms with E-state index in [-0.39, 0.29) is 17.6 Å². The van der Waals surface area contributed by atoms with E-state index in [1.165, 1.54) is 12.3 Å². The molecule has 2 atom stereocenters. The van der Waals surface area contributed by atoms with Gasteiger partial charge in [0.15, 0.2) is 0 Å². The second-order valence-corrected chi connectivity index (χ2v) is 5.29. The Labute approximate surface area is 117 Å². The summed E-state index contributed by atoms with van der Waals surface area (Å²) in [6.07, 6.45) is 2.30. The molecule has 0 aliphatic carbocycles. The zero-order valence-corrected chi connectivity index (χ0v) is 11.8. The number of rotatable bonds is 4. The predicted molar refractivity (Wildman–Crippen MR) is 74.4 cm³/mol. The van der Waals surface area contributed by atoms with Crippen molar-refractivity contribution in [2.45, 2.75) is 32.9 Å². The Bertz CT molecular complexity index is 524. The highest BCUT2D eigenvalue weighted by Crippen LogP contribution is 2.23. The van der Waals surface area contributed by atoms with Crippen LogP contribution in [0.1, 0.15) is 30.8 Å². The maximum Gasteiger partial charge on any atom is 0.287 e. The number of nitrogens with two attached hydrogens (primary N) is 1. The average Bonchev–Trinajstić information content (AvgIpc) is 3.04. The molecule has 0 saturated carbocycles. The van der Waals surface area contributed by atoms with Crippen molar-refractivity contribution >= 4 is 11.6 Å². The molecule has 2 heterocycles. The molecule has 20 heavy (non-hydrogen) atoms. The minimum atomic E-state index is -0.475. The lowest BCUT2D eigenvalue weighted by Crippen LogP contribution is -2.33. The zero-order chi connectivity index (χ0) is 14.9. The van der Waals surface area contributed by atoms with Gasteiger partial charge in [0.1, 0.15) is 5.69 Å². The van der Waals surface area contributed by atoms with Crippen LogP contribution < -0.4 is 5.73 Å². The molecule has 2 N–H and O–H groups in total. The number of hydrogen-bond acceptors (Lipinski definition) is 4. The molecule has 0 radical (unpaired) electrons. The number of aromatic nitrogens is 1. The monoisotopic (exact) mass is 280 g/mol. The molecule has 7 nitrogen and oxygen atoms in total. The van der Waals surface area contributed by atoms with Gasteiger partial charge in [0.25, 0.3) is 11.6 Å². The largest absolute Gasteiger partial charge is 0.337 e. The lowest BCUT2D eigenvalue weighted by atomic mass is 10.0. The van der Waals surface area contributed by atoms with E-state index in [1.54, 1.807) is 9.47 Å². The van der Waals surface area contributed by atoms with Crippen LogP contribution >= 0.6 is 0 Å². The van der Waals surface area contributed by atoms with Crippen LogP contribution in [-0.4, -0.2) is 39.4 Å². The van der Waals surface area contributed by atoms with Crippen LogP contribution in [0.25, 0.3) is 0 Å². The summed E-state index contributed by atoms with van der Waals surface area (Å²) in [5, 5.41) is 10.8. The van der Waals surface area contributed by atoms with E-state index in [1.807, 2.05) is 13.8 Å². The van der Waals surface area contributed by atoms with Crippen LogP contribution in [0.15, 0.2) is 12.3 Å². The van der Waals surface area contributed by atoms with Gasteiger partial charge in [-0.25, -0.2) is 0 Å². The number of likely N-dealkylation sites (tertiary alicyclic amines) is 1. The summed E-state index contributed by atoms with van der Waals surface area (Å²) in [6.45, 7) is 5.61. The Balaban J connectivity index is 2.19. The normalized spacial score (nSPS) is 20.1. The first-order valence-corrected chi connectivity index (χ1v) is 6.83. The number of nitro groups is 1. The second kappa shape index (κ2) is 5.62. The standard InChI is InChI=1S/C13H20N4O3/c1-3-15-8-11(17(19)20)6-12(15)13(18)16-5-4-10(7-16)9(2)14/h6,8-10H,3-5,7,14H2,1-2H3. The fraction of sp³-hybridized carbons (Fsp3) is 0.615. The Kier molecular flexibility index (Phi) is 4.08. The topological polar surface area (TPSA) is 94.4 Å². The van der Waals surface area contributed by atoms with Gasteiger partial charge in [0.2, 0.25) is 0 Å². The van der Waals surface area contributed by atoms with Gasteiger partial charge in [0, 0.05) is 31.7 Å². The van der Waals surface area contributed by atoms with Crippen molar-refractivity contribution in [1.82, 2.24) is 9.47 Å². The number of carbonyl (C=O) groups is 1. The quantitative estimate of drug-likeness (QED) is 0.662. The summed E-state index contributed by atoms with van der Waals surface area (Å²) in [4.78, 5) is 24.6. The first-order chi connectivity index (χ1) is 9.43. The van der Waals surface area contributed by atoms with E-state index in [9.17, 15) is 14.9 Å². The fourth-order valence-corrected chi connectivity index (χ4v) is 2.60. The van der Waals surface area contributed by atoms with Crippen molar-refractivity contribution in [3.05, 3.63) is 28.1 Å². The van der Waals surface area contributed by atoms with Crippen molar-refractivity contribution in [1.29, 1.82) is 0 Å². The zero-order valence-electron chi connectivity index (χ0n) is 11.8. The molecule has 1 aromatic heterocycles. The van der Waals surface area contributed by atoms with Gasteiger partial charge < -0.3 is 15.2 Å². The number of hydrogen-bond donors (Lipinski definition) is 1. The third-order valence-electron chi connectivity index (χ3n) is 3.91. The molecule has 1 fully saturated rings. The van der Waals surface area contributed by atoms with E-state index >= 15 is 0 Å². The Morgan fingerprint density at radius 2 is 2.35 bits per heavy atom. The first-order valence-electron chi connectivity index (χ1n) is 6.83. The van der Waals surface area contributed by atoms with Gasteiger partial charge in [-0.3, -0.25) is 14.9 Å². The molecule has 1 amide bonds. The maximum atomic E-state index is 12.5. The van der Waals surface area contributed by atoms with Crippen LogP contribution in [0.2, 0.25) is 0 Å². The Morgan fingerprint density at radius 3 is 2.85 bits per heavy atom. The van der Waals surface area contributed by atoms with Crippen LogP contribution in [0.5, 0.6) is 0 Å². The van der Waals surface area contributed by atoms with Gasteiger partial charge in [-0.15, -0.1) is 0 Å². The summed E-state index contributed by atoms with van der Waals surface area (Å²) in [5.41, 5.74) is 6.20. The lowest BCUT2D eigenvalue weighted by molar-refractivity contribution is -0.384. The van der Waals surface area contributed by atoms with Crippen molar-refractivity contribution in [2.24, 2.45) is 11.7 Å². The molecule has 0 spiro atoms. The highest BCUT2D eigenvalue weighted by atomic mass is 16.6.